The van der Waals surface area contributed by atoms with Crippen LogP contribution >= 0.6 is 0 Å². The van der Waals surface area contributed by atoms with Gasteiger partial charge in [0.05, 0.1) is 23.6 Å². The Hall–Kier alpha value is -3.34. The van der Waals surface area contributed by atoms with E-state index in [1.807, 2.05) is 36.4 Å². The van der Waals surface area contributed by atoms with E-state index in [0.29, 0.717) is 0 Å². The zero-order valence-corrected chi connectivity index (χ0v) is 12.2. The second-order valence-electron chi connectivity index (χ2n) is 5.27. The van der Waals surface area contributed by atoms with Crippen molar-refractivity contribution in [3.8, 4) is 16.9 Å². The van der Waals surface area contributed by atoms with Crippen LogP contribution in [0.25, 0.3) is 22.0 Å². The molecular weight excluding hydrogens is 288 g/mol. The van der Waals surface area contributed by atoms with E-state index >= 15 is 0 Å². The molecule has 0 bridgehead atoms. The van der Waals surface area contributed by atoms with Crippen molar-refractivity contribution in [2.75, 3.05) is 5.32 Å². The van der Waals surface area contributed by atoms with E-state index in [0.717, 1.165) is 33.4 Å². The van der Waals surface area contributed by atoms with Gasteiger partial charge in [-0.1, -0.05) is 12.1 Å². The molecule has 0 radical (unpaired) electrons. The molecule has 0 fully saturated rings. The molecule has 5 heteroatoms. The maximum Gasteiger partial charge on any atom is 0.118 e. The highest BCUT2D eigenvalue weighted by Gasteiger charge is 2.08. The summed E-state index contributed by atoms with van der Waals surface area (Å²) in [5, 5.41) is 21.4. The fourth-order valence-electron chi connectivity index (χ4n) is 2.66. The standard InChI is InChI=1S/C18H14N4O/c23-15-8-12(16-4-1-5-18-17(16)11-20-22-18)7-14(9-15)21-13-3-2-6-19-10-13/h1-11,21,23H,(H,20,22). The van der Waals surface area contributed by atoms with E-state index in [4.69, 9.17) is 0 Å². The number of H-pyrrole nitrogens is 1. The minimum atomic E-state index is 0.203. The summed E-state index contributed by atoms with van der Waals surface area (Å²) in [6.07, 6.45) is 5.25. The smallest absolute Gasteiger partial charge is 0.118 e. The van der Waals surface area contributed by atoms with Crippen molar-refractivity contribution in [2.45, 2.75) is 0 Å². The van der Waals surface area contributed by atoms with Gasteiger partial charge in [-0.3, -0.25) is 10.1 Å². The minimum absolute atomic E-state index is 0.203. The molecule has 4 aromatic rings. The van der Waals surface area contributed by atoms with Crippen molar-refractivity contribution < 1.29 is 5.11 Å². The number of benzene rings is 2. The van der Waals surface area contributed by atoms with E-state index in [2.05, 4.69) is 20.5 Å². The van der Waals surface area contributed by atoms with Crippen LogP contribution in [0.2, 0.25) is 0 Å². The SMILES string of the molecule is Oc1cc(Nc2cccnc2)cc(-c2cccc3[nH]ncc23)c1. The first-order valence-corrected chi connectivity index (χ1v) is 7.23. The summed E-state index contributed by atoms with van der Waals surface area (Å²) in [5.74, 6) is 0.203. The third kappa shape index (κ3) is 2.60. The van der Waals surface area contributed by atoms with Gasteiger partial charge in [0.2, 0.25) is 0 Å². The molecule has 0 saturated carbocycles. The van der Waals surface area contributed by atoms with Gasteiger partial charge >= 0.3 is 0 Å². The van der Waals surface area contributed by atoms with Crippen LogP contribution in [0.15, 0.2) is 67.1 Å². The second kappa shape index (κ2) is 5.46. The summed E-state index contributed by atoms with van der Waals surface area (Å²) in [4.78, 5) is 4.08. The molecule has 0 atom stereocenters. The van der Waals surface area contributed by atoms with Gasteiger partial charge in [0, 0.05) is 23.3 Å². The molecule has 2 heterocycles. The number of rotatable bonds is 3. The van der Waals surface area contributed by atoms with Gasteiger partial charge in [-0.15, -0.1) is 0 Å². The predicted octanol–water partition coefficient (Wildman–Crippen LogP) is 4.07. The van der Waals surface area contributed by atoms with E-state index < -0.39 is 0 Å². The van der Waals surface area contributed by atoms with Crippen molar-refractivity contribution in [1.82, 2.24) is 15.2 Å². The average Bonchev–Trinajstić information content (AvgIpc) is 3.04. The predicted molar refractivity (Wildman–Crippen MR) is 90.7 cm³/mol. The molecule has 3 N–H and O–H groups in total. The molecule has 5 nitrogen and oxygen atoms in total. The van der Waals surface area contributed by atoms with Crippen LogP contribution in [0.5, 0.6) is 5.75 Å². The molecule has 4 rings (SSSR count). The van der Waals surface area contributed by atoms with Crippen LogP contribution in [-0.2, 0) is 0 Å². The molecule has 23 heavy (non-hydrogen) atoms. The summed E-state index contributed by atoms with van der Waals surface area (Å²) in [6.45, 7) is 0. The van der Waals surface area contributed by atoms with E-state index in [1.54, 1.807) is 30.7 Å². The summed E-state index contributed by atoms with van der Waals surface area (Å²) < 4.78 is 0. The maximum absolute atomic E-state index is 10.1. The first-order chi connectivity index (χ1) is 11.3. The molecule has 0 aliphatic heterocycles. The summed E-state index contributed by atoms with van der Waals surface area (Å²) in [5.41, 5.74) is 4.57. The lowest BCUT2D eigenvalue weighted by Crippen LogP contribution is -1.91. The molecule has 0 aliphatic rings. The normalized spacial score (nSPS) is 10.8. The van der Waals surface area contributed by atoms with Crippen molar-refractivity contribution >= 4 is 22.3 Å². The van der Waals surface area contributed by atoms with Gasteiger partial charge < -0.3 is 10.4 Å². The fourth-order valence-corrected chi connectivity index (χ4v) is 2.66. The number of aromatic amines is 1. The lowest BCUT2D eigenvalue weighted by Gasteiger charge is -2.10. The first-order valence-electron chi connectivity index (χ1n) is 7.23. The molecule has 0 aliphatic carbocycles. The number of phenolic OH excluding ortho intramolecular Hbond substituents is 1. The molecule has 112 valence electrons. The molecule has 2 aromatic carbocycles. The number of nitrogens with zero attached hydrogens (tertiary/aromatic N) is 2. The number of hydrogen-bond acceptors (Lipinski definition) is 4. The quantitative estimate of drug-likeness (QED) is 0.533. The minimum Gasteiger partial charge on any atom is -0.508 e. The van der Waals surface area contributed by atoms with Gasteiger partial charge in [0.25, 0.3) is 0 Å². The van der Waals surface area contributed by atoms with Gasteiger partial charge in [-0.05, 0) is 41.5 Å². The second-order valence-corrected chi connectivity index (χ2v) is 5.27. The Morgan fingerprint density at radius 2 is 1.91 bits per heavy atom. The van der Waals surface area contributed by atoms with Gasteiger partial charge in [-0.2, -0.15) is 5.10 Å². The third-order valence-corrected chi connectivity index (χ3v) is 3.66. The molecular formula is C18H14N4O. The number of phenols is 1. The Kier molecular flexibility index (Phi) is 3.16. The number of aromatic nitrogens is 3. The van der Waals surface area contributed by atoms with Crippen LogP contribution in [0.1, 0.15) is 0 Å². The third-order valence-electron chi connectivity index (χ3n) is 3.66. The number of nitrogens with one attached hydrogen (secondary N) is 2. The Morgan fingerprint density at radius 1 is 0.957 bits per heavy atom. The van der Waals surface area contributed by atoms with Gasteiger partial charge in [0.1, 0.15) is 5.75 Å². The first kappa shape index (κ1) is 13.3. The number of pyridine rings is 1. The Bertz CT molecular complexity index is 963. The van der Waals surface area contributed by atoms with Crippen LogP contribution in [0.3, 0.4) is 0 Å². The highest BCUT2D eigenvalue weighted by molar-refractivity contribution is 5.95. The molecule has 0 saturated heterocycles. The van der Waals surface area contributed by atoms with Gasteiger partial charge in [-0.25, -0.2) is 0 Å². The lowest BCUT2D eigenvalue weighted by atomic mass is 10.0. The topological polar surface area (TPSA) is 73.8 Å². The van der Waals surface area contributed by atoms with Crippen molar-refractivity contribution in [3.05, 3.63) is 67.1 Å². The summed E-state index contributed by atoms with van der Waals surface area (Å²) in [7, 11) is 0. The molecule has 0 spiro atoms. The average molecular weight is 302 g/mol. The zero-order chi connectivity index (χ0) is 15.6. The Morgan fingerprint density at radius 3 is 2.78 bits per heavy atom. The summed E-state index contributed by atoms with van der Waals surface area (Å²) in [6, 6.07) is 15.2. The Balaban J connectivity index is 1.79. The number of hydrogen-bond donors (Lipinski definition) is 3. The fraction of sp³-hybridized carbons (Fsp3) is 0. The van der Waals surface area contributed by atoms with E-state index in [9.17, 15) is 5.11 Å². The van der Waals surface area contributed by atoms with Crippen molar-refractivity contribution in [3.63, 3.8) is 0 Å². The van der Waals surface area contributed by atoms with Crippen LogP contribution < -0.4 is 5.32 Å². The van der Waals surface area contributed by atoms with Crippen LogP contribution in [-0.4, -0.2) is 20.3 Å². The largest absolute Gasteiger partial charge is 0.508 e. The number of aromatic hydroxyl groups is 1. The maximum atomic E-state index is 10.1. The van der Waals surface area contributed by atoms with Crippen molar-refractivity contribution in [1.29, 1.82) is 0 Å². The van der Waals surface area contributed by atoms with Crippen LogP contribution in [0, 0.1) is 0 Å². The summed E-state index contributed by atoms with van der Waals surface area (Å²) >= 11 is 0. The molecule has 0 amide bonds. The van der Waals surface area contributed by atoms with E-state index in [1.165, 1.54) is 0 Å². The monoisotopic (exact) mass is 302 g/mol. The molecule has 2 aromatic heterocycles. The van der Waals surface area contributed by atoms with Gasteiger partial charge in [0.15, 0.2) is 0 Å². The number of fused-ring (bicyclic) bond motifs is 1. The highest BCUT2D eigenvalue weighted by atomic mass is 16.3. The lowest BCUT2D eigenvalue weighted by molar-refractivity contribution is 0.476. The highest BCUT2D eigenvalue weighted by Crippen LogP contribution is 2.33. The van der Waals surface area contributed by atoms with Crippen LogP contribution in [0.4, 0.5) is 11.4 Å². The Labute approximate surface area is 132 Å². The van der Waals surface area contributed by atoms with E-state index in [-0.39, 0.29) is 5.75 Å². The zero-order valence-electron chi connectivity index (χ0n) is 12.2. The van der Waals surface area contributed by atoms with Crippen molar-refractivity contribution in [2.24, 2.45) is 0 Å². The molecule has 0 unspecified atom stereocenters. The number of anilines is 2.